The smallest absolute Gasteiger partial charge is 0.261 e. The first kappa shape index (κ1) is 24.0. The molecule has 3 unspecified atom stereocenters. The Morgan fingerprint density at radius 1 is 0.972 bits per heavy atom. The van der Waals surface area contributed by atoms with Gasteiger partial charge in [-0.25, -0.2) is 12.8 Å². The second-order valence-electron chi connectivity index (χ2n) is 8.77. The fourth-order valence-corrected chi connectivity index (χ4v) is 6.20. The Labute approximate surface area is 209 Å². The van der Waals surface area contributed by atoms with E-state index < -0.39 is 15.8 Å². The fourth-order valence-electron chi connectivity index (χ4n) is 5.10. The van der Waals surface area contributed by atoms with Crippen molar-refractivity contribution in [2.75, 3.05) is 31.4 Å². The zero-order valence-electron chi connectivity index (χ0n) is 20.1. The number of hydrogen-bond donors (Lipinski definition) is 2. The van der Waals surface area contributed by atoms with Gasteiger partial charge in [-0.05, 0) is 65.9 Å². The molecule has 9 heteroatoms. The first-order valence-electron chi connectivity index (χ1n) is 11.5. The Balaban J connectivity index is 1.51. The van der Waals surface area contributed by atoms with Crippen LogP contribution in [0.15, 0.2) is 71.6 Å². The van der Waals surface area contributed by atoms with E-state index in [9.17, 15) is 12.8 Å². The molecule has 0 saturated carbocycles. The molecular formula is C27H27FN2O5S. The van der Waals surface area contributed by atoms with Crippen LogP contribution in [0.5, 0.6) is 17.2 Å². The van der Waals surface area contributed by atoms with Crippen LogP contribution in [0.3, 0.4) is 0 Å². The van der Waals surface area contributed by atoms with Crippen molar-refractivity contribution in [3.05, 3.63) is 83.7 Å². The van der Waals surface area contributed by atoms with Gasteiger partial charge >= 0.3 is 0 Å². The quantitative estimate of drug-likeness (QED) is 0.410. The van der Waals surface area contributed by atoms with Crippen molar-refractivity contribution < 1.29 is 27.0 Å². The monoisotopic (exact) mass is 510 g/mol. The number of hydrogen-bond acceptors (Lipinski definition) is 6. The van der Waals surface area contributed by atoms with Gasteiger partial charge in [0.15, 0.2) is 11.5 Å². The standard InChI is InChI=1S/C27H27FN2O5S/c1-33-24-13-16(14-25(34-2)27(24)35-3)26-19-8-6-7-18(19)20-15-17(11-12-22(20)29-26)36(31,32)30-23-10-5-4-9-21(23)28/h4-7,9-15,18-19,26,29-30H,8H2,1-3H3. The van der Waals surface area contributed by atoms with Crippen molar-refractivity contribution >= 4 is 21.4 Å². The molecule has 2 aliphatic rings. The number of benzene rings is 3. The highest BCUT2D eigenvalue weighted by Crippen LogP contribution is 2.52. The van der Waals surface area contributed by atoms with Crippen LogP contribution < -0.4 is 24.2 Å². The van der Waals surface area contributed by atoms with E-state index in [0.29, 0.717) is 17.2 Å². The molecule has 0 bridgehead atoms. The molecule has 0 fully saturated rings. The number of anilines is 2. The average molecular weight is 511 g/mol. The number of sulfonamides is 1. The van der Waals surface area contributed by atoms with E-state index in [-0.39, 0.29) is 28.5 Å². The number of para-hydroxylation sites is 1. The lowest BCUT2D eigenvalue weighted by Crippen LogP contribution is -2.29. The molecule has 1 heterocycles. The van der Waals surface area contributed by atoms with Crippen LogP contribution >= 0.6 is 0 Å². The highest BCUT2D eigenvalue weighted by atomic mass is 32.2. The third kappa shape index (κ3) is 4.13. The van der Waals surface area contributed by atoms with E-state index in [4.69, 9.17) is 14.2 Å². The van der Waals surface area contributed by atoms with Crippen molar-refractivity contribution in [2.45, 2.75) is 23.3 Å². The van der Waals surface area contributed by atoms with Crippen molar-refractivity contribution in [1.82, 2.24) is 0 Å². The van der Waals surface area contributed by atoms with Crippen LogP contribution in [-0.4, -0.2) is 29.7 Å². The molecule has 1 aliphatic heterocycles. The summed E-state index contributed by atoms with van der Waals surface area (Å²) in [5.41, 5.74) is 2.61. The van der Waals surface area contributed by atoms with Crippen LogP contribution in [-0.2, 0) is 10.0 Å². The normalized spacial score (nSPS) is 20.2. The van der Waals surface area contributed by atoms with Gasteiger partial charge in [-0.15, -0.1) is 0 Å². The molecule has 0 radical (unpaired) electrons. The predicted molar refractivity (Wildman–Crippen MR) is 136 cm³/mol. The van der Waals surface area contributed by atoms with Gasteiger partial charge < -0.3 is 19.5 Å². The molecule has 36 heavy (non-hydrogen) atoms. The van der Waals surface area contributed by atoms with E-state index in [2.05, 4.69) is 22.2 Å². The molecule has 0 aromatic heterocycles. The first-order chi connectivity index (χ1) is 17.4. The number of allylic oxidation sites excluding steroid dienone is 2. The van der Waals surface area contributed by atoms with Gasteiger partial charge in [0.2, 0.25) is 5.75 Å². The molecule has 0 saturated heterocycles. The highest BCUT2D eigenvalue weighted by Gasteiger charge is 2.39. The maximum absolute atomic E-state index is 14.1. The van der Waals surface area contributed by atoms with Crippen LogP contribution in [0.2, 0.25) is 0 Å². The predicted octanol–water partition coefficient (Wildman–Crippen LogP) is 5.48. The molecular weight excluding hydrogens is 483 g/mol. The Kier molecular flexibility index (Phi) is 6.26. The highest BCUT2D eigenvalue weighted by molar-refractivity contribution is 7.92. The minimum atomic E-state index is -3.98. The largest absolute Gasteiger partial charge is 0.493 e. The summed E-state index contributed by atoms with van der Waals surface area (Å²) in [4.78, 5) is 0.0802. The number of fused-ring (bicyclic) bond motifs is 3. The molecule has 1 aliphatic carbocycles. The summed E-state index contributed by atoms with van der Waals surface area (Å²) in [6, 6.07) is 14.5. The van der Waals surface area contributed by atoms with Gasteiger partial charge in [-0.1, -0.05) is 24.3 Å². The summed E-state index contributed by atoms with van der Waals surface area (Å²) < 4.78 is 59.1. The molecule has 0 spiro atoms. The third-order valence-corrected chi connectivity index (χ3v) is 8.17. The summed E-state index contributed by atoms with van der Waals surface area (Å²) in [6.07, 6.45) is 5.06. The molecule has 0 amide bonds. The van der Waals surface area contributed by atoms with Gasteiger partial charge in [0.1, 0.15) is 5.82 Å². The van der Waals surface area contributed by atoms with Gasteiger partial charge in [0.05, 0.1) is 38.0 Å². The molecule has 3 atom stereocenters. The SMILES string of the molecule is COc1cc(C2Nc3ccc(S(=O)(=O)Nc4ccccc4F)cc3C3C=CCC32)cc(OC)c1OC. The second-order valence-corrected chi connectivity index (χ2v) is 10.5. The average Bonchev–Trinajstić information content (AvgIpc) is 3.38. The van der Waals surface area contributed by atoms with E-state index in [1.54, 1.807) is 39.5 Å². The van der Waals surface area contributed by atoms with E-state index in [1.807, 2.05) is 12.1 Å². The number of nitrogens with one attached hydrogen (secondary N) is 2. The van der Waals surface area contributed by atoms with Gasteiger partial charge in [-0.3, -0.25) is 4.72 Å². The van der Waals surface area contributed by atoms with Gasteiger partial charge in [-0.2, -0.15) is 0 Å². The molecule has 3 aromatic rings. The Morgan fingerprint density at radius 2 is 1.69 bits per heavy atom. The minimum absolute atomic E-state index is 0.00829. The lowest BCUT2D eigenvalue weighted by atomic mass is 9.77. The van der Waals surface area contributed by atoms with E-state index >= 15 is 0 Å². The zero-order chi connectivity index (χ0) is 25.4. The zero-order valence-corrected chi connectivity index (χ0v) is 20.9. The minimum Gasteiger partial charge on any atom is -0.493 e. The Hall–Kier alpha value is -3.72. The van der Waals surface area contributed by atoms with Crippen molar-refractivity contribution in [3.8, 4) is 17.2 Å². The number of methoxy groups -OCH3 is 3. The van der Waals surface area contributed by atoms with E-state index in [1.165, 1.54) is 24.3 Å². The second kappa shape index (κ2) is 9.39. The summed E-state index contributed by atoms with van der Waals surface area (Å²) in [5, 5.41) is 3.60. The van der Waals surface area contributed by atoms with Crippen LogP contribution in [0.1, 0.15) is 29.5 Å². The van der Waals surface area contributed by atoms with Crippen LogP contribution in [0, 0.1) is 11.7 Å². The van der Waals surface area contributed by atoms with Crippen molar-refractivity contribution in [1.29, 1.82) is 0 Å². The number of rotatable bonds is 7. The molecule has 3 aromatic carbocycles. The Bertz CT molecular complexity index is 1410. The summed E-state index contributed by atoms with van der Waals surface area (Å²) in [6.45, 7) is 0. The van der Waals surface area contributed by atoms with Gasteiger partial charge in [0, 0.05) is 11.6 Å². The van der Waals surface area contributed by atoms with Crippen LogP contribution in [0.4, 0.5) is 15.8 Å². The molecule has 5 rings (SSSR count). The number of halogens is 1. The van der Waals surface area contributed by atoms with Crippen LogP contribution in [0.25, 0.3) is 0 Å². The maximum atomic E-state index is 14.1. The summed E-state index contributed by atoms with van der Waals surface area (Å²) in [7, 11) is 0.760. The number of ether oxygens (including phenoxy) is 3. The Morgan fingerprint density at radius 3 is 2.36 bits per heavy atom. The maximum Gasteiger partial charge on any atom is 0.261 e. The molecule has 2 N–H and O–H groups in total. The molecule has 188 valence electrons. The first-order valence-corrected chi connectivity index (χ1v) is 13.0. The fraction of sp³-hybridized carbons (Fsp3) is 0.259. The summed E-state index contributed by atoms with van der Waals surface area (Å²) >= 11 is 0. The van der Waals surface area contributed by atoms with Crippen molar-refractivity contribution in [2.24, 2.45) is 5.92 Å². The van der Waals surface area contributed by atoms with Crippen molar-refractivity contribution in [3.63, 3.8) is 0 Å². The molecule has 7 nitrogen and oxygen atoms in total. The van der Waals surface area contributed by atoms with E-state index in [0.717, 1.165) is 23.2 Å². The summed E-state index contributed by atoms with van der Waals surface area (Å²) in [5.74, 6) is 1.20. The van der Waals surface area contributed by atoms with Gasteiger partial charge in [0.25, 0.3) is 10.0 Å². The lowest BCUT2D eigenvalue weighted by Gasteiger charge is -2.38. The third-order valence-electron chi connectivity index (χ3n) is 6.81. The topological polar surface area (TPSA) is 85.9 Å². The lowest BCUT2D eigenvalue weighted by molar-refractivity contribution is 0.322.